The minimum absolute atomic E-state index is 0.252. The molecular weight excluding hydrogens is 247 g/mol. The van der Waals surface area contributed by atoms with Gasteiger partial charge in [0.15, 0.2) is 0 Å². The molecule has 0 bridgehead atoms. The highest BCUT2D eigenvalue weighted by molar-refractivity contribution is 7.39. The fourth-order valence-corrected chi connectivity index (χ4v) is 5.28. The largest absolute Gasteiger partial charge is 0.116 e. The van der Waals surface area contributed by atoms with Crippen LogP contribution in [-0.4, -0.2) is 11.3 Å². The number of benzene rings is 1. The average Bonchev–Trinajstić information content (AvgIpc) is 2.52. The van der Waals surface area contributed by atoms with Gasteiger partial charge in [-0.05, 0) is 48.3 Å². The van der Waals surface area contributed by atoms with Gasteiger partial charge in [0.05, 0.1) is 0 Å². The van der Waals surface area contributed by atoms with Crippen LogP contribution in [0.25, 0.3) is 5.57 Å². The summed E-state index contributed by atoms with van der Waals surface area (Å²) >= 11 is 0. The maximum atomic E-state index is 2.44. The lowest BCUT2D eigenvalue weighted by Crippen LogP contribution is -2.25. The first-order valence-electron chi connectivity index (χ1n) is 7.40. The van der Waals surface area contributed by atoms with Gasteiger partial charge in [-0.15, -0.1) is 8.58 Å². The summed E-state index contributed by atoms with van der Waals surface area (Å²) < 4.78 is 0. The van der Waals surface area contributed by atoms with Crippen LogP contribution in [0.1, 0.15) is 59.1 Å². The molecule has 1 aromatic rings. The molecule has 1 aliphatic carbocycles. The third-order valence-electron chi connectivity index (χ3n) is 4.65. The van der Waals surface area contributed by atoms with E-state index in [9.17, 15) is 0 Å². The normalized spacial score (nSPS) is 24.6. The number of rotatable bonds is 4. The van der Waals surface area contributed by atoms with E-state index in [4.69, 9.17) is 0 Å². The van der Waals surface area contributed by atoms with Crippen molar-refractivity contribution >= 4 is 14.2 Å². The molecule has 0 radical (unpaired) electrons. The van der Waals surface area contributed by atoms with Gasteiger partial charge in [-0.1, -0.05) is 57.5 Å². The zero-order valence-corrected chi connectivity index (χ0v) is 14.2. The number of hydrogen-bond donors (Lipinski definition) is 0. The lowest BCUT2D eigenvalue weighted by molar-refractivity contribution is 0.515. The van der Waals surface area contributed by atoms with Crippen molar-refractivity contribution in [2.24, 2.45) is 0 Å². The summed E-state index contributed by atoms with van der Waals surface area (Å²) in [6.45, 7) is 14.2. The summed E-state index contributed by atoms with van der Waals surface area (Å²) in [5, 5.41) is 0. The molecule has 0 amide bonds. The third kappa shape index (κ3) is 2.65. The van der Waals surface area contributed by atoms with Gasteiger partial charge in [-0.2, -0.15) is 0 Å². The molecule has 0 fully saturated rings. The topological polar surface area (TPSA) is 0 Å². The Bertz CT molecular complexity index is 498. The van der Waals surface area contributed by atoms with E-state index >= 15 is 0 Å². The average molecular weight is 274 g/mol. The van der Waals surface area contributed by atoms with Gasteiger partial charge in [0, 0.05) is 5.41 Å². The van der Waals surface area contributed by atoms with E-state index in [-0.39, 0.29) is 5.41 Å². The molecule has 0 saturated heterocycles. The molecule has 3 atom stereocenters. The third-order valence-corrected chi connectivity index (χ3v) is 6.09. The van der Waals surface area contributed by atoms with E-state index in [0.717, 1.165) is 19.9 Å². The smallest absolute Gasteiger partial charge is 0.0148 e. The van der Waals surface area contributed by atoms with Crippen molar-refractivity contribution in [3.05, 3.63) is 41.0 Å². The summed E-state index contributed by atoms with van der Waals surface area (Å²) in [6.07, 6.45) is 1.28. The van der Waals surface area contributed by atoms with Crippen molar-refractivity contribution in [3.8, 4) is 0 Å². The number of hydrogen-bond acceptors (Lipinski definition) is 0. The molecule has 0 aromatic heterocycles. The van der Waals surface area contributed by atoms with Crippen LogP contribution in [0.3, 0.4) is 0 Å². The fourth-order valence-electron chi connectivity index (χ4n) is 3.61. The van der Waals surface area contributed by atoms with Gasteiger partial charge in [0.1, 0.15) is 0 Å². The molecule has 1 aliphatic rings. The van der Waals surface area contributed by atoms with E-state index < -0.39 is 0 Å². The first-order chi connectivity index (χ1) is 8.86. The Kier molecular flexibility index (Phi) is 4.21. The Hall–Kier alpha value is -0.610. The first-order valence-corrected chi connectivity index (χ1v) is 8.55. The first kappa shape index (κ1) is 14.8. The molecule has 1 heteroatoms. The Labute approximate surface area is 120 Å². The Morgan fingerprint density at radius 1 is 1.11 bits per heavy atom. The fraction of sp³-hybridized carbons (Fsp3) is 0.556. The zero-order valence-electron chi connectivity index (χ0n) is 13.2. The van der Waals surface area contributed by atoms with E-state index in [1.54, 1.807) is 11.1 Å². The van der Waals surface area contributed by atoms with Gasteiger partial charge in [0.2, 0.25) is 0 Å². The Morgan fingerprint density at radius 2 is 1.74 bits per heavy atom. The summed E-state index contributed by atoms with van der Waals surface area (Å²) in [4.78, 5) is 0. The van der Waals surface area contributed by atoms with Crippen molar-refractivity contribution in [3.63, 3.8) is 0 Å². The van der Waals surface area contributed by atoms with Crippen molar-refractivity contribution < 1.29 is 0 Å². The SMILES string of the molecule is CC1=C(C)C(C)(CC(C)PC(C)C)c2ccccc21. The van der Waals surface area contributed by atoms with Crippen molar-refractivity contribution in [1.29, 1.82) is 0 Å². The summed E-state index contributed by atoms with van der Waals surface area (Å²) in [6, 6.07) is 8.98. The Balaban J connectivity index is 2.33. The minimum atomic E-state index is 0.252. The molecule has 0 N–H and O–H groups in total. The number of fused-ring (bicyclic) bond motifs is 1. The van der Waals surface area contributed by atoms with Crippen molar-refractivity contribution in [1.82, 2.24) is 0 Å². The van der Waals surface area contributed by atoms with E-state index in [0.29, 0.717) is 0 Å². The summed E-state index contributed by atoms with van der Waals surface area (Å²) in [7, 11) is 1.07. The van der Waals surface area contributed by atoms with Crippen LogP contribution in [0, 0.1) is 0 Å². The second-order valence-corrected chi connectivity index (χ2v) is 9.03. The monoisotopic (exact) mass is 274 g/mol. The maximum absolute atomic E-state index is 2.44. The van der Waals surface area contributed by atoms with Crippen LogP contribution in [0.2, 0.25) is 0 Å². The molecule has 0 nitrogen and oxygen atoms in total. The van der Waals surface area contributed by atoms with E-state index in [1.807, 2.05) is 0 Å². The zero-order chi connectivity index (χ0) is 14.2. The van der Waals surface area contributed by atoms with Gasteiger partial charge < -0.3 is 0 Å². The van der Waals surface area contributed by atoms with Crippen molar-refractivity contribution in [2.75, 3.05) is 0 Å². The van der Waals surface area contributed by atoms with E-state index in [1.165, 1.54) is 17.6 Å². The summed E-state index contributed by atoms with van der Waals surface area (Å²) in [5.74, 6) is 0. The highest BCUT2D eigenvalue weighted by Gasteiger charge is 2.38. The molecular formula is C18H27P. The van der Waals surface area contributed by atoms with Gasteiger partial charge in [-0.3, -0.25) is 0 Å². The standard InChI is InChI=1S/C18H27P/c1-12(2)19-13(3)11-18(6)15(5)14(4)16-9-7-8-10-17(16)18/h7-10,12-13,19H,11H2,1-6H3. The molecule has 2 rings (SSSR count). The minimum Gasteiger partial charge on any atom is -0.116 e. The Morgan fingerprint density at radius 3 is 2.37 bits per heavy atom. The molecule has 3 unspecified atom stereocenters. The molecule has 0 saturated carbocycles. The van der Waals surface area contributed by atoms with Crippen LogP contribution in [0.4, 0.5) is 0 Å². The van der Waals surface area contributed by atoms with Crippen LogP contribution < -0.4 is 0 Å². The van der Waals surface area contributed by atoms with Crippen LogP contribution in [0.15, 0.2) is 29.8 Å². The van der Waals surface area contributed by atoms with E-state index in [2.05, 4.69) is 65.8 Å². The predicted octanol–water partition coefficient (Wildman–Crippen LogP) is 5.62. The molecule has 0 heterocycles. The second kappa shape index (κ2) is 5.41. The molecule has 104 valence electrons. The van der Waals surface area contributed by atoms with Gasteiger partial charge in [-0.25, -0.2) is 0 Å². The highest BCUT2D eigenvalue weighted by atomic mass is 31.1. The highest BCUT2D eigenvalue weighted by Crippen LogP contribution is 2.50. The molecule has 0 aliphatic heterocycles. The maximum Gasteiger partial charge on any atom is 0.0148 e. The van der Waals surface area contributed by atoms with Crippen LogP contribution in [-0.2, 0) is 5.41 Å². The molecule has 1 aromatic carbocycles. The van der Waals surface area contributed by atoms with Crippen molar-refractivity contribution in [2.45, 2.75) is 64.7 Å². The lowest BCUT2D eigenvalue weighted by Gasteiger charge is -2.32. The summed E-state index contributed by atoms with van der Waals surface area (Å²) in [5.41, 5.74) is 7.97. The lowest BCUT2D eigenvalue weighted by atomic mass is 9.76. The quantitative estimate of drug-likeness (QED) is 0.625. The molecule has 0 spiro atoms. The predicted molar refractivity (Wildman–Crippen MR) is 89.6 cm³/mol. The van der Waals surface area contributed by atoms with Crippen LogP contribution in [0.5, 0.6) is 0 Å². The molecule has 19 heavy (non-hydrogen) atoms. The van der Waals surface area contributed by atoms with Gasteiger partial charge >= 0.3 is 0 Å². The second-order valence-electron chi connectivity index (χ2n) is 6.55. The number of allylic oxidation sites excluding steroid dienone is 2. The van der Waals surface area contributed by atoms with Crippen LogP contribution >= 0.6 is 8.58 Å². The van der Waals surface area contributed by atoms with Gasteiger partial charge in [0.25, 0.3) is 0 Å².